The molecule has 0 saturated carbocycles. The highest BCUT2D eigenvalue weighted by Crippen LogP contribution is 2.31. The first-order valence-electron chi connectivity index (χ1n) is 8.82. The number of hydrogen-bond acceptors (Lipinski definition) is 5. The Hall–Kier alpha value is -2.80. The van der Waals surface area contributed by atoms with Crippen molar-refractivity contribution < 1.29 is 14.3 Å². The molecule has 0 aliphatic heterocycles. The average Bonchev–Trinajstić information content (AvgIpc) is 3.25. The maximum Gasteiger partial charge on any atom is 0.275 e. The van der Waals surface area contributed by atoms with Gasteiger partial charge in [-0.25, -0.2) is 4.98 Å². The van der Waals surface area contributed by atoms with Gasteiger partial charge in [0.15, 0.2) is 0 Å². The van der Waals surface area contributed by atoms with Gasteiger partial charge in [-0.3, -0.25) is 4.79 Å². The maximum atomic E-state index is 12.7. The van der Waals surface area contributed by atoms with Gasteiger partial charge in [0.1, 0.15) is 22.2 Å². The second-order valence-electron chi connectivity index (χ2n) is 5.93. The highest BCUT2D eigenvalue weighted by Gasteiger charge is 2.16. The van der Waals surface area contributed by atoms with E-state index in [9.17, 15) is 4.79 Å². The predicted octanol–water partition coefficient (Wildman–Crippen LogP) is 4.51. The zero-order chi connectivity index (χ0) is 19.4. The summed E-state index contributed by atoms with van der Waals surface area (Å²) in [5, 5.41) is 5.46. The highest BCUT2D eigenvalue weighted by molar-refractivity contribution is 7.13. The summed E-state index contributed by atoms with van der Waals surface area (Å²) >= 11 is 1.45. The predicted molar refractivity (Wildman–Crippen MR) is 108 cm³/mol. The molecule has 0 bridgehead atoms. The lowest BCUT2D eigenvalue weighted by atomic mass is 10.2. The Bertz CT molecular complexity index is 946. The van der Waals surface area contributed by atoms with E-state index < -0.39 is 0 Å². The Balaban J connectivity index is 1.83. The Morgan fingerprint density at radius 2 is 1.96 bits per heavy atom. The second kappa shape index (κ2) is 8.26. The molecule has 0 aliphatic rings. The van der Waals surface area contributed by atoms with Gasteiger partial charge in [0, 0.05) is 24.2 Å². The van der Waals surface area contributed by atoms with Crippen molar-refractivity contribution in [2.45, 2.75) is 20.8 Å². The number of nitrogens with zero attached hydrogens (tertiary/aromatic N) is 2. The van der Waals surface area contributed by atoms with Crippen LogP contribution in [0, 0.1) is 6.92 Å². The normalized spacial score (nSPS) is 10.7. The SMILES string of the molecule is CCOc1ccc(OCC)c(NC(=O)c2csc(-c3ccc(C)n3C)n2)c1. The van der Waals surface area contributed by atoms with Crippen molar-refractivity contribution in [1.29, 1.82) is 0 Å². The van der Waals surface area contributed by atoms with E-state index in [2.05, 4.69) is 14.9 Å². The van der Waals surface area contributed by atoms with E-state index in [0.29, 0.717) is 36.1 Å². The number of amides is 1. The van der Waals surface area contributed by atoms with Crippen molar-refractivity contribution in [3.8, 4) is 22.2 Å². The fraction of sp³-hybridized carbons (Fsp3) is 0.300. The van der Waals surface area contributed by atoms with Crippen LogP contribution < -0.4 is 14.8 Å². The van der Waals surface area contributed by atoms with Crippen LogP contribution in [0.2, 0.25) is 0 Å². The average molecular weight is 385 g/mol. The molecule has 3 rings (SSSR count). The van der Waals surface area contributed by atoms with Crippen LogP contribution in [-0.2, 0) is 7.05 Å². The first kappa shape index (κ1) is 19.0. The molecule has 1 N–H and O–H groups in total. The summed E-state index contributed by atoms with van der Waals surface area (Å²) in [5.74, 6) is 0.996. The number of anilines is 1. The summed E-state index contributed by atoms with van der Waals surface area (Å²) < 4.78 is 13.2. The van der Waals surface area contributed by atoms with Crippen LogP contribution in [-0.4, -0.2) is 28.7 Å². The van der Waals surface area contributed by atoms with Gasteiger partial charge in [-0.1, -0.05) is 0 Å². The number of hydrogen-bond donors (Lipinski definition) is 1. The van der Waals surface area contributed by atoms with Gasteiger partial charge in [-0.05, 0) is 45.0 Å². The summed E-state index contributed by atoms with van der Waals surface area (Å²) in [7, 11) is 1.99. The minimum Gasteiger partial charge on any atom is -0.494 e. The molecule has 0 radical (unpaired) electrons. The summed E-state index contributed by atoms with van der Waals surface area (Å²) in [5.41, 5.74) is 3.07. The largest absolute Gasteiger partial charge is 0.494 e. The fourth-order valence-corrected chi connectivity index (χ4v) is 3.51. The number of ether oxygens (including phenoxy) is 2. The molecule has 0 aliphatic carbocycles. The van der Waals surface area contributed by atoms with E-state index >= 15 is 0 Å². The van der Waals surface area contributed by atoms with Gasteiger partial charge < -0.3 is 19.4 Å². The van der Waals surface area contributed by atoms with E-state index in [1.807, 2.05) is 46.0 Å². The molecular weight excluding hydrogens is 362 g/mol. The van der Waals surface area contributed by atoms with E-state index in [0.717, 1.165) is 16.4 Å². The summed E-state index contributed by atoms with van der Waals surface area (Å²) in [6.45, 7) is 6.90. The Kier molecular flexibility index (Phi) is 5.81. The smallest absolute Gasteiger partial charge is 0.275 e. The van der Waals surface area contributed by atoms with Crippen LogP contribution in [0.3, 0.4) is 0 Å². The molecule has 6 nitrogen and oxygen atoms in total. The third kappa shape index (κ3) is 4.14. The molecule has 0 spiro atoms. The van der Waals surface area contributed by atoms with Crippen LogP contribution in [0.5, 0.6) is 11.5 Å². The van der Waals surface area contributed by atoms with Gasteiger partial charge in [0.25, 0.3) is 5.91 Å². The van der Waals surface area contributed by atoms with Crippen LogP contribution in [0.15, 0.2) is 35.7 Å². The Morgan fingerprint density at radius 1 is 1.19 bits per heavy atom. The molecule has 1 amide bonds. The zero-order valence-electron chi connectivity index (χ0n) is 15.9. The van der Waals surface area contributed by atoms with Crippen LogP contribution in [0.25, 0.3) is 10.7 Å². The number of aromatic nitrogens is 2. The molecule has 2 aromatic heterocycles. The maximum absolute atomic E-state index is 12.7. The quantitative estimate of drug-likeness (QED) is 0.650. The molecule has 2 heterocycles. The standard InChI is InChI=1S/C20H23N3O3S/c1-5-25-14-8-10-18(26-6-2)15(11-14)21-19(24)16-12-27-20(22-16)17-9-7-13(3)23(17)4/h7-12H,5-6H2,1-4H3,(H,21,24). The molecular formula is C20H23N3O3S. The summed E-state index contributed by atoms with van der Waals surface area (Å²) in [6, 6.07) is 9.42. The lowest BCUT2D eigenvalue weighted by molar-refractivity contribution is 0.102. The minimum atomic E-state index is -0.280. The lowest BCUT2D eigenvalue weighted by Crippen LogP contribution is -2.13. The molecule has 27 heavy (non-hydrogen) atoms. The van der Waals surface area contributed by atoms with Gasteiger partial charge in [-0.15, -0.1) is 11.3 Å². The number of thiazole rings is 1. The fourth-order valence-electron chi connectivity index (χ4n) is 2.65. The minimum absolute atomic E-state index is 0.280. The van der Waals surface area contributed by atoms with Gasteiger partial charge >= 0.3 is 0 Å². The zero-order valence-corrected chi connectivity index (χ0v) is 16.7. The number of aryl methyl sites for hydroxylation is 1. The molecule has 1 aromatic carbocycles. The number of carbonyl (C=O) groups excluding carboxylic acids is 1. The Labute approximate surface area is 162 Å². The number of nitrogens with one attached hydrogen (secondary N) is 1. The van der Waals surface area contributed by atoms with E-state index in [4.69, 9.17) is 9.47 Å². The molecule has 0 saturated heterocycles. The first-order valence-corrected chi connectivity index (χ1v) is 9.70. The van der Waals surface area contributed by atoms with E-state index in [-0.39, 0.29) is 5.91 Å². The first-order chi connectivity index (χ1) is 13.0. The topological polar surface area (TPSA) is 65.4 Å². The summed E-state index contributed by atoms with van der Waals surface area (Å²) in [6.07, 6.45) is 0. The summed E-state index contributed by atoms with van der Waals surface area (Å²) in [4.78, 5) is 17.2. The molecule has 7 heteroatoms. The molecule has 0 unspecified atom stereocenters. The van der Waals surface area contributed by atoms with Gasteiger partial charge in [0.05, 0.1) is 24.6 Å². The monoisotopic (exact) mass is 385 g/mol. The third-order valence-electron chi connectivity index (χ3n) is 4.14. The molecule has 142 valence electrons. The van der Waals surface area contributed by atoms with Crippen molar-refractivity contribution in [3.63, 3.8) is 0 Å². The van der Waals surface area contributed by atoms with Crippen molar-refractivity contribution in [3.05, 3.63) is 47.1 Å². The van der Waals surface area contributed by atoms with Crippen molar-refractivity contribution in [1.82, 2.24) is 9.55 Å². The van der Waals surface area contributed by atoms with E-state index in [1.165, 1.54) is 11.3 Å². The number of rotatable bonds is 7. The van der Waals surface area contributed by atoms with Crippen molar-refractivity contribution in [2.24, 2.45) is 7.05 Å². The molecule has 3 aromatic rings. The van der Waals surface area contributed by atoms with Crippen molar-refractivity contribution in [2.75, 3.05) is 18.5 Å². The highest BCUT2D eigenvalue weighted by atomic mass is 32.1. The second-order valence-corrected chi connectivity index (χ2v) is 6.79. The van der Waals surface area contributed by atoms with Gasteiger partial charge in [0.2, 0.25) is 0 Å². The Morgan fingerprint density at radius 3 is 2.63 bits per heavy atom. The van der Waals surface area contributed by atoms with Crippen LogP contribution >= 0.6 is 11.3 Å². The van der Waals surface area contributed by atoms with Gasteiger partial charge in [-0.2, -0.15) is 0 Å². The number of carbonyl (C=O) groups is 1. The van der Waals surface area contributed by atoms with Crippen molar-refractivity contribution >= 4 is 22.9 Å². The number of benzene rings is 1. The van der Waals surface area contributed by atoms with E-state index in [1.54, 1.807) is 17.5 Å². The lowest BCUT2D eigenvalue weighted by Gasteiger charge is -2.13. The molecule has 0 fully saturated rings. The van der Waals surface area contributed by atoms with Crippen LogP contribution in [0.1, 0.15) is 30.0 Å². The third-order valence-corrected chi connectivity index (χ3v) is 5.00. The molecule has 0 atom stereocenters. The van der Waals surface area contributed by atoms with Crippen LogP contribution in [0.4, 0.5) is 5.69 Å².